The molecule has 1 saturated heterocycles. The van der Waals surface area contributed by atoms with Crippen LogP contribution in [-0.2, 0) is 13.1 Å². The van der Waals surface area contributed by atoms with Gasteiger partial charge in [-0.1, -0.05) is 12.1 Å². The number of nitrogens with zero attached hydrogens (tertiary/aromatic N) is 5. The summed E-state index contributed by atoms with van der Waals surface area (Å²) in [5, 5.41) is 16.7. The molecule has 0 saturated carbocycles. The number of hydrogen-bond acceptors (Lipinski definition) is 6. The molecule has 28 heavy (non-hydrogen) atoms. The van der Waals surface area contributed by atoms with Crippen molar-refractivity contribution in [3.8, 4) is 0 Å². The van der Waals surface area contributed by atoms with Crippen LogP contribution in [0.3, 0.4) is 0 Å². The Balaban J connectivity index is 1.75. The van der Waals surface area contributed by atoms with Crippen molar-refractivity contribution in [1.29, 1.82) is 0 Å². The third kappa shape index (κ3) is 3.24. The fourth-order valence-corrected chi connectivity index (χ4v) is 3.57. The monoisotopic (exact) mass is 382 g/mol. The van der Waals surface area contributed by atoms with Crippen LogP contribution in [0.1, 0.15) is 22.8 Å². The Bertz CT molecular complexity index is 1080. The molecule has 0 unspecified atom stereocenters. The van der Waals surface area contributed by atoms with Crippen LogP contribution >= 0.6 is 0 Å². The summed E-state index contributed by atoms with van der Waals surface area (Å²) >= 11 is 0. The van der Waals surface area contributed by atoms with Gasteiger partial charge in [-0.2, -0.15) is 5.10 Å². The Morgan fingerprint density at radius 3 is 2.79 bits per heavy atom. The second-order valence-electron chi connectivity index (χ2n) is 6.74. The number of aromatic carboxylic acids is 1. The van der Waals surface area contributed by atoms with E-state index in [9.17, 15) is 9.59 Å². The van der Waals surface area contributed by atoms with E-state index in [1.165, 1.54) is 10.7 Å². The molecule has 4 rings (SSSR count). The van der Waals surface area contributed by atoms with Gasteiger partial charge in [-0.05, 0) is 24.6 Å². The number of imidazole rings is 1. The third-order valence-corrected chi connectivity index (χ3v) is 4.95. The number of aromatic nitrogens is 4. The number of hydrogen-bond donors (Lipinski definition) is 2. The first-order valence-corrected chi connectivity index (χ1v) is 9.32. The normalized spacial score (nSPS) is 14.5. The van der Waals surface area contributed by atoms with Crippen LogP contribution in [-0.4, -0.2) is 56.6 Å². The summed E-state index contributed by atoms with van der Waals surface area (Å²) in [7, 11) is 0. The van der Waals surface area contributed by atoms with E-state index in [1.807, 2.05) is 11.5 Å². The van der Waals surface area contributed by atoms with Crippen LogP contribution in [0.5, 0.6) is 0 Å². The molecule has 2 aromatic heterocycles. The van der Waals surface area contributed by atoms with Crippen LogP contribution in [0.25, 0.3) is 11.0 Å². The van der Waals surface area contributed by atoms with Gasteiger partial charge in [0.1, 0.15) is 11.0 Å². The molecule has 0 aliphatic carbocycles. The van der Waals surface area contributed by atoms with Crippen molar-refractivity contribution in [2.75, 3.05) is 31.1 Å². The number of carbonyl (C=O) groups is 1. The van der Waals surface area contributed by atoms with E-state index in [4.69, 9.17) is 5.11 Å². The average Bonchev–Trinajstić information content (AvgIpc) is 3.10. The second kappa shape index (κ2) is 7.43. The van der Waals surface area contributed by atoms with Gasteiger partial charge in [0.2, 0.25) is 5.95 Å². The van der Waals surface area contributed by atoms with E-state index >= 15 is 0 Å². The van der Waals surface area contributed by atoms with Gasteiger partial charge in [0, 0.05) is 32.7 Å². The van der Waals surface area contributed by atoms with Gasteiger partial charge in [0.25, 0.3) is 5.56 Å². The molecule has 1 aliphatic rings. The minimum Gasteiger partial charge on any atom is -0.478 e. The van der Waals surface area contributed by atoms with Gasteiger partial charge in [-0.3, -0.25) is 4.79 Å². The van der Waals surface area contributed by atoms with Gasteiger partial charge in [-0.25, -0.2) is 14.5 Å². The molecular formula is C19H22N6O3. The number of piperazine rings is 1. The van der Waals surface area contributed by atoms with Crippen molar-refractivity contribution in [1.82, 2.24) is 24.6 Å². The van der Waals surface area contributed by atoms with E-state index in [1.54, 1.807) is 24.4 Å². The van der Waals surface area contributed by atoms with Crippen LogP contribution in [0.15, 0.2) is 35.3 Å². The molecule has 0 bridgehead atoms. The summed E-state index contributed by atoms with van der Waals surface area (Å²) in [6, 6.07) is 6.54. The molecule has 0 spiro atoms. The highest BCUT2D eigenvalue weighted by molar-refractivity contribution is 5.87. The predicted octanol–water partition coefficient (Wildman–Crippen LogP) is 0.769. The van der Waals surface area contributed by atoms with Crippen molar-refractivity contribution in [2.24, 2.45) is 0 Å². The Kier molecular flexibility index (Phi) is 4.82. The molecule has 146 valence electrons. The number of anilines is 1. The molecular weight excluding hydrogens is 360 g/mol. The van der Waals surface area contributed by atoms with Crippen LogP contribution < -0.4 is 15.8 Å². The summed E-state index contributed by atoms with van der Waals surface area (Å²) in [5.74, 6) is -0.203. The highest BCUT2D eigenvalue weighted by Crippen LogP contribution is 2.20. The lowest BCUT2D eigenvalue weighted by atomic mass is 10.1. The predicted molar refractivity (Wildman–Crippen MR) is 105 cm³/mol. The van der Waals surface area contributed by atoms with E-state index in [2.05, 4.69) is 20.3 Å². The molecule has 0 amide bonds. The van der Waals surface area contributed by atoms with E-state index < -0.39 is 5.97 Å². The maximum Gasteiger partial charge on any atom is 0.335 e. The summed E-state index contributed by atoms with van der Waals surface area (Å²) in [4.78, 5) is 31.1. The zero-order valence-electron chi connectivity index (χ0n) is 15.6. The number of fused-ring (bicyclic) bond motifs is 1. The molecule has 1 fully saturated rings. The number of rotatable bonds is 5. The van der Waals surface area contributed by atoms with Crippen LogP contribution in [0, 0.1) is 0 Å². The minimum absolute atomic E-state index is 0.186. The lowest BCUT2D eigenvalue weighted by Gasteiger charge is -2.28. The Labute approximate surface area is 161 Å². The number of carboxylic acid groups (broad SMARTS) is 1. The maximum atomic E-state index is 13.1. The second-order valence-corrected chi connectivity index (χ2v) is 6.74. The van der Waals surface area contributed by atoms with Gasteiger partial charge in [0.05, 0.1) is 18.3 Å². The summed E-state index contributed by atoms with van der Waals surface area (Å²) in [5.41, 5.74) is 1.77. The van der Waals surface area contributed by atoms with Gasteiger partial charge < -0.3 is 19.9 Å². The third-order valence-electron chi connectivity index (χ3n) is 4.95. The maximum absolute atomic E-state index is 13.1. The molecule has 1 aromatic carbocycles. The highest BCUT2D eigenvalue weighted by Gasteiger charge is 2.21. The Morgan fingerprint density at radius 1 is 1.29 bits per heavy atom. The topological polar surface area (TPSA) is 105 Å². The van der Waals surface area contributed by atoms with Gasteiger partial charge in [0.15, 0.2) is 0 Å². The Hall–Kier alpha value is -3.20. The Morgan fingerprint density at radius 2 is 2.07 bits per heavy atom. The molecule has 3 heterocycles. The van der Waals surface area contributed by atoms with E-state index in [0.29, 0.717) is 23.1 Å². The van der Waals surface area contributed by atoms with Crippen LogP contribution in [0.4, 0.5) is 5.95 Å². The first-order chi connectivity index (χ1) is 13.6. The summed E-state index contributed by atoms with van der Waals surface area (Å²) < 4.78 is 3.30. The van der Waals surface area contributed by atoms with Crippen molar-refractivity contribution in [3.63, 3.8) is 0 Å². The lowest BCUT2D eigenvalue weighted by molar-refractivity contribution is 0.0696. The smallest absolute Gasteiger partial charge is 0.335 e. The zero-order valence-corrected chi connectivity index (χ0v) is 15.6. The van der Waals surface area contributed by atoms with Crippen molar-refractivity contribution in [3.05, 3.63) is 51.9 Å². The number of nitrogens with one attached hydrogen (secondary N) is 1. The molecule has 3 aromatic rings. The standard InChI is InChI=1S/C19H22N6O3/c1-2-24-16-15(22-19(24)23-8-6-20-7-9-23)11-21-25(17(16)26)12-13-4-3-5-14(10-13)18(27)28/h3-5,10-11,20H,2,6-9,12H2,1H3,(H,27,28). The van der Waals surface area contributed by atoms with Gasteiger partial charge >= 0.3 is 5.97 Å². The number of benzene rings is 1. The fraction of sp³-hybridized carbons (Fsp3) is 0.368. The van der Waals surface area contributed by atoms with E-state index in [0.717, 1.165) is 32.1 Å². The molecule has 0 radical (unpaired) electrons. The highest BCUT2D eigenvalue weighted by atomic mass is 16.4. The minimum atomic E-state index is -0.998. The molecule has 9 nitrogen and oxygen atoms in total. The zero-order chi connectivity index (χ0) is 19.7. The van der Waals surface area contributed by atoms with Crippen LogP contribution in [0.2, 0.25) is 0 Å². The summed E-state index contributed by atoms with van der Waals surface area (Å²) in [6.45, 7) is 6.27. The average molecular weight is 382 g/mol. The quantitative estimate of drug-likeness (QED) is 0.671. The first kappa shape index (κ1) is 18.2. The molecule has 9 heteroatoms. The number of aryl methyl sites for hydroxylation is 1. The van der Waals surface area contributed by atoms with Crippen molar-refractivity contribution < 1.29 is 9.90 Å². The SMILES string of the molecule is CCn1c(N2CCNCC2)nc2cnn(Cc3cccc(C(=O)O)c3)c(=O)c21. The van der Waals surface area contributed by atoms with E-state index in [-0.39, 0.29) is 17.7 Å². The molecule has 0 atom stereocenters. The van der Waals surface area contributed by atoms with Crippen molar-refractivity contribution >= 4 is 23.0 Å². The fourth-order valence-electron chi connectivity index (χ4n) is 3.57. The van der Waals surface area contributed by atoms with Gasteiger partial charge in [-0.15, -0.1) is 0 Å². The van der Waals surface area contributed by atoms with Crippen molar-refractivity contribution in [2.45, 2.75) is 20.0 Å². The molecule has 2 N–H and O–H groups in total. The first-order valence-electron chi connectivity index (χ1n) is 9.32. The number of carboxylic acids is 1. The largest absolute Gasteiger partial charge is 0.478 e. The lowest BCUT2D eigenvalue weighted by Crippen LogP contribution is -2.44. The molecule has 1 aliphatic heterocycles. The summed E-state index contributed by atoms with van der Waals surface area (Å²) in [6.07, 6.45) is 1.61.